The van der Waals surface area contributed by atoms with Crippen molar-refractivity contribution in [3.05, 3.63) is 53.7 Å². The lowest BCUT2D eigenvalue weighted by molar-refractivity contribution is -0.133. The van der Waals surface area contributed by atoms with E-state index in [1.165, 1.54) is 6.42 Å². The van der Waals surface area contributed by atoms with Crippen LogP contribution in [-0.2, 0) is 4.79 Å². The molecule has 2 aromatic rings. The van der Waals surface area contributed by atoms with Gasteiger partial charge in [0.15, 0.2) is 0 Å². The lowest BCUT2D eigenvalue weighted by Gasteiger charge is -2.39. The van der Waals surface area contributed by atoms with E-state index in [1.807, 2.05) is 42.6 Å². The minimum Gasteiger partial charge on any atom is -0.494 e. The first-order valence-corrected chi connectivity index (χ1v) is 12.1. The number of halogens is 1. The van der Waals surface area contributed by atoms with Gasteiger partial charge in [-0.1, -0.05) is 17.7 Å². The summed E-state index contributed by atoms with van der Waals surface area (Å²) in [5.74, 6) is 2.69. The predicted molar refractivity (Wildman–Crippen MR) is 128 cm³/mol. The number of aromatic nitrogens is 1. The molecule has 0 radical (unpaired) electrons. The van der Waals surface area contributed by atoms with Gasteiger partial charge in [-0.05, 0) is 61.6 Å². The molecule has 0 bridgehead atoms. The SMILES string of the molecule is O=C(CCCOc1ccc(Cl)cc1)N1CCCC(CN2CCN(c3ccccn3)CC2)C1. The van der Waals surface area contributed by atoms with Crippen LogP contribution in [0.15, 0.2) is 48.7 Å². The molecule has 0 aliphatic carbocycles. The number of likely N-dealkylation sites (tertiary alicyclic amines) is 1. The van der Waals surface area contributed by atoms with Crippen LogP contribution >= 0.6 is 11.6 Å². The topological polar surface area (TPSA) is 48.9 Å². The monoisotopic (exact) mass is 456 g/mol. The number of benzene rings is 1. The average Bonchev–Trinajstić information content (AvgIpc) is 2.84. The predicted octanol–water partition coefficient (Wildman–Crippen LogP) is 3.95. The Labute approximate surface area is 196 Å². The number of piperazine rings is 1. The fourth-order valence-electron chi connectivity index (χ4n) is 4.61. The molecule has 172 valence electrons. The molecule has 0 spiro atoms. The molecule has 1 aromatic heterocycles. The van der Waals surface area contributed by atoms with Crippen molar-refractivity contribution in [3.63, 3.8) is 0 Å². The lowest BCUT2D eigenvalue weighted by Crippen LogP contribution is -2.50. The van der Waals surface area contributed by atoms with Gasteiger partial charge in [0.25, 0.3) is 0 Å². The number of nitrogens with zero attached hydrogens (tertiary/aromatic N) is 4. The number of piperidine rings is 1. The molecule has 2 aliphatic heterocycles. The Hall–Kier alpha value is -2.31. The van der Waals surface area contributed by atoms with E-state index in [-0.39, 0.29) is 5.91 Å². The van der Waals surface area contributed by atoms with E-state index in [4.69, 9.17) is 16.3 Å². The summed E-state index contributed by atoms with van der Waals surface area (Å²) in [6.45, 7) is 7.55. The Morgan fingerprint density at radius 3 is 2.62 bits per heavy atom. The summed E-state index contributed by atoms with van der Waals surface area (Å²) in [4.78, 5) is 24.2. The van der Waals surface area contributed by atoms with Gasteiger partial charge in [-0.15, -0.1) is 0 Å². The molecule has 2 saturated heterocycles. The first-order chi connectivity index (χ1) is 15.7. The van der Waals surface area contributed by atoms with E-state index in [9.17, 15) is 4.79 Å². The average molecular weight is 457 g/mol. The van der Waals surface area contributed by atoms with Crippen molar-refractivity contribution in [2.75, 3.05) is 57.3 Å². The van der Waals surface area contributed by atoms with Crippen molar-refractivity contribution in [1.29, 1.82) is 0 Å². The van der Waals surface area contributed by atoms with Crippen molar-refractivity contribution in [2.45, 2.75) is 25.7 Å². The van der Waals surface area contributed by atoms with Crippen LogP contribution < -0.4 is 9.64 Å². The molecule has 32 heavy (non-hydrogen) atoms. The molecule has 2 aliphatic rings. The zero-order chi connectivity index (χ0) is 22.2. The van der Waals surface area contributed by atoms with Gasteiger partial charge < -0.3 is 14.5 Å². The van der Waals surface area contributed by atoms with Crippen LogP contribution in [0.4, 0.5) is 5.82 Å². The molecule has 6 nitrogen and oxygen atoms in total. The molecule has 4 rings (SSSR count). The Balaban J connectivity index is 1.15. The fraction of sp³-hybridized carbons (Fsp3) is 0.520. The third kappa shape index (κ3) is 6.59. The Bertz CT molecular complexity index is 841. The lowest BCUT2D eigenvalue weighted by atomic mass is 9.96. The third-order valence-corrected chi connectivity index (χ3v) is 6.60. The van der Waals surface area contributed by atoms with Gasteiger partial charge in [-0.3, -0.25) is 9.69 Å². The molecule has 1 amide bonds. The van der Waals surface area contributed by atoms with Crippen LogP contribution in [0.3, 0.4) is 0 Å². The van der Waals surface area contributed by atoms with Crippen LogP contribution in [-0.4, -0.2) is 73.1 Å². The van der Waals surface area contributed by atoms with Crippen LogP contribution in [0.5, 0.6) is 5.75 Å². The summed E-state index contributed by atoms with van der Waals surface area (Å²) >= 11 is 5.89. The van der Waals surface area contributed by atoms with Gasteiger partial charge in [0.05, 0.1) is 6.61 Å². The summed E-state index contributed by atoms with van der Waals surface area (Å²) < 4.78 is 5.72. The van der Waals surface area contributed by atoms with E-state index < -0.39 is 0 Å². The molecule has 3 heterocycles. The largest absolute Gasteiger partial charge is 0.494 e. The van der Waals surface area contributed by atoms with Gasteiger partial charge in [-0.25, -0.2) is 4.98 Å². The number of hydrogen-bond acceptors (Lipinski definition) is 5. The van der Waals surface area contributed by atoms with Crippen molar-refractivity contribution in [3.8, 4) is 5.75 Å². The number of hydrogen-bond donors (Lipinski definition) is 0. The molecule has 0 N–H and O–H groups in total. The van der Waals surface area contributed by atoms with Crippen LogP contribution in [0.1, 0.15) is 25.7 Å². The first-order valence-electron chi connectivity index (χ1n) is 11.7. The highest BCUT2D eigenvalue weighted by atomic mass is 35.5. The van der Waals surface area contributed by atoms with Gasteiger partial charge in [0.2, 0.25) is 5.91 Å². The van der Waals surface area contributed by atoms with E-state index in [0.29, 0.717) is 24.0 Å². The summed E-state index contributed by atoms with van der Waals surface area (Å²) in [5, 5.41) is 0.697. The number of carbonyl (C=O) groups is 1. The zero-order valence-electron chi connectivity index (χ0n) is 18.7. The van der Waals surface area contributed by atoms with Gasteiger partial charge in [0.1, 0.15) is 11.6 Å². The minimum absolute atomic E-state index is 0.259. The number of rotatable bonds is 8. The van der Waals surface area contributed by atoms with Crippen molar-refractivity contribution < 1.29 is 9.53 Å². The summed E-state index contributed by atoms with van der Waals surface area (Å²) in [5.41, 5.74) is 0. The molecule has 1 atom stereocenters. The van der Waals surface area contributed by atoms with Gasteiger partial charge in [0, 0.05) is 63.5 Å². The maximum Gasteiger partial charge on any atom is 0.222 e. The van der Waals surface area contributed by atoms with Gasteiger partial charge >= 0.3 is 0 Å². The van der Waals surface area contributed by atoms with Crippen LogP contribution in [0, 0.1) is 5.92 Å². The number of ether oxygens (including phenoxy) is 1. The second-order valence-electron chi connectivity index (χ2n) is 8.73. The highest BCUT2D eigenvalue weighted by molar-refractivity contribution is 6.30. The molecule has 0 saturated carbocycles. The van der Waals surface area contributed by atoms with Crippen molar-refractivity contribution >= 4 is 23.3 Å². The zero-order valence-corrected chi connectivity index (χ0v) is 19.4. The first kappa shape index (κ1) is 22.9. The highest BCUT2D eigenvalue weighted by Crippen LogP contribution is 2.21. The van der Waals surface area contributed by atoms with Crippen molar-refractivity contribution in [1.82, 2.24) is 14.8 Å². The number of pyridine rings is 1. The third-order valence-electron chi connectivity index (χ3n) is 6.35. The number of anilines is 1. The van der Waals surface area contributed by atoms with Crippen molar-refractivity contribution in [2.24, 2.45) is 5.92 Å². The Morgan fingerprint density at radius 2 is 1.88 bits per heavy atom. The smallest absolute Gasteiger partial charge is 0.222 e. The second-order valence-corrected chi connectivity index (χ2v) is 9.17. The summed E-state index contributed by atoms with van der Waals surface area (Å²) in [6.07, 6.45) is 5.45. The molecular formula is C25H33ClN4O2. The normalized spacial score (nSPS) is 19.7. The fourth-order valence-corrected chi connectivity index (χ4v) is 4.73. The maximum absolute atomic E-state index is 12.7. The second kappa shape index (κ2) is 11.5. The van der Waals surface area contributed by atoms with Gasteiger partial charge in [-0.2, -0.15) is 0 Å². The molecule has 7 heteroatoms. The summed E-state index contributed by atoms with van der Waals surface area (Å²) in [7, 11) is 0. The van der Waals surface area contributed by atoms with E-state index in [2.05, 4.69) is 25.8 Å². The Morgan fingerprint density at radius 1 is 1.06 bits per heavy atom. The number of carbonyl (C=O) groups excluding carboxylic acids is 1. The van der Waals surface area contributed by atoms with Crippen LogP contribution in [0.25, 0.3) is 0 Å². The van der Waals surface area contributed by atoms with E-state index in [1.54, 1.807) is 0 Å². The molecular weight excluding hydrogens is 424 g/mol. The highest BCUT2D eigenvalue weighted by Gasteiger charge is 2.26. The molecule has 2 fully saturated rings. The summed E-state index contributed by atoms with van der Waals surface area (Å²) in [6, 6.07) is 13.4. The van der Waals surface area contributed by atoms with E-state index in [0.717, 1.165) is 70.2 Å². The van der Waals surface area contributed by atoms with Crippen LogP contribution in [0.2, 0.25) is 5.02 Å². The van der Waals surface area contributed by atoms with E-state index >= 15 is 0 Å². The maximum atomic E-state index is 12.7. The molecule has 1 unspecified atom stereocenters. The minimum atomic E-state index is 0.259. The molecule has 1 aromatic carbocycles. The Kier molecular flexibility index (Phi) is 8.24. The quantitative estimate of drug-likeness (QED) is 0.563. The number of amides is 1. The standard InChI is InChI=1S/C25H33ClN4O2/c26-22-8-10-23(11-9-22)32-18-4-7-25(31)30-13-3-5-21(20-30)19-28-14-16-29(17-15-28)24-6-1-2-12-27-24/h1-2,6,8-12,21H,3-5,7,13-20H2.